The summed E-state index contributed by atoms with van der Waals surface area (Å²) < 4.78 is 0. The Labute approximate surface area is 124 Å². The normalized spacial score (nSPS) is 23.4. The fourth-order valence-corrected chi connectivity index (χ4v) is 2.66. The van der Waals surface area contributed by atoms with Crippen LogP contribution in [0.3, 0.4) is 0 Å². The summed E-state index contributed by atoms with van der Waals surface area (Å²) in [5, 5.41) is 14.4. The number of nitro benzene ring substituents is 1. The lowest BCUT2D eigenvalue weighted by Gasteiger charge is -2.19. The maximum Gasteiger partial charge on any atom is 0.272 e. The number of hydrogen-bond donors (Lipinski definition) is 1. The Morgan fingerprint density at radius 2 is 2.14 bits per heavy atom. The molecule has 6 nitrogen and oxygen atoms in total. The molecule has 1 N–H and O–H groups in total. The summed E-state index contributed by atoms with van der Waals surface area (Å²) in [5.41, 5.74) is 1.45. The van der Waals surface area contributed by atoms with Gasteiger partial charge in [-0.05, 0) is 18.4 Å². The van der Waals surface area contributed by atoms with Gasteiger partial charge in [0, 0.05) is 18.7 Å². The minimum Gasteiger partial charge on any atom is -0.325 e. The Morgan fingerprint density at radius 3 is 2.71 bits per heavy atom. The largest absolute Gasteiger partial charge is 0.325 e. The van der Waals surface area contributed by atoms with E-state index in [4.69, 9.17) is 0 Å². The van der Waals surface area contributed by atoms with Crippen LogP contribution in [0.5, 0.6) is 0 Å². The zero-order chi connectivity index (χ0) is 15.7. The lowest BCUT2D eigenvalue weighted by Crippen LogP contribution is -2.35. The number of benzene rings is 1. The lowest BCUT2D eigenvalue weighted by atomic mass is 9.99. The number of nitrogens with one attached hydrogen (secondary N) is 1. The van der Waals surface area contributed by atoms with Crippen molar-refractivity contribution in [2.75, 3.05) is 7.05 Å². The molecule has 1 aromatic rings. The zero-order valence-electron chi connectivity index (χ0n) is 12.8. The molecule has 0 bridgehead atoms. The van der Waals surface area contributed by atoms with E-state index in [1.165, 1.54) is 0 Å². The molecule has 0 saturated carbocycles. The summed E-state index contributed by atoms with van der Waals surface area (Å²) in [6.45, 7) is 5.79. The van der Waals surface area contributed by atoms with Gasteiger partial charge in [-0.15, -0.1) is 0 Å². The SMILES string of the molecule is CCC(C)C1NC(c2ccc(C)c([N+](=O)[O-])c2)N(C)C1=O. The second-order valence-electron chi connectivity index (χ2n) is 5.68. The van der Waals surface area contributed by atoms with E-state index >= 15 is 0 Å². The van der Waals surface area contributed by atoms with Crippen LogP contribution >= 0.6 is 0 Å². The highest BCUT2D eigenvalue weighted by atomic mass is 16.6. The summed E-state index contributed by atoms with van der Waals surface area (Å²) in [5.74, 6) is 0.267. The van der Waals surface area contributed by atoms with Gasteiger partial charge in [0.25, 0.3) is 5.69 Å². The summed E-state index contributed by atoms with van der Waals surface area (Å²) in [7, 11) is 1.73. The molecule has 6 heteroatoms. The van der Waals surface area contributed by atoms with Gasteiger partial charge in [0.1, 0.15) is 6.17 Å². The molecule has 1 fully saturated rings. The van der Waals surface area contributed by atoms with E-state index in [2.05, 4.69) is 5.32 Å². The van der Waals surface area contributed by atoms with E-state index in [1.807, 2.05) is 19.9 Å². The Balaban J connectivity index is 2.33. The van der Waals surface area contributed by atoms with Crippen molar-refractivity contribution in [3.05, 3.63) is 39.4 Å². The third-order valence-electron chi connectivity index (χ3n) is 4.30. The van der Waals surface area contributed by atoms with Gasteiger partial charge in [-0.25, -0.2) is 0 Å². The number of nitrogens with zero attached hydrogens (tertiary/aromatic N) is 2. The third-order valence-corrected chi connectivity index (χ3v) is 4.30. The van der Waals surface area contributed by atoms with Crippen molar-refractivity contribution < 1.29 is 9.72 Å². The molecule has 1 amide bonds. The summed E-state index contributed by atoms with van der Waals surface area (Å²) >= 11 is 0. The maximum absolute atomic E-state index is 12.3. The topological polar surface area (TPSA) is 75.5 Å². The van der Waals surface area contributed by atoms with Crippen molar-refractivity contribution in [1.82, 2.24) is 10.2 Å². The summed E-state index contributed by atoms with van der Waals surface area (Å²) in [4.78, 5) is 24.6. The number of carbonyl (C=O) groups is 1. The first-order valence-electron chi connectivity index (χ1n) is 7.14. The van der Waals surface area contributed by atoms with Crippen LogP contribution in [0.1, 0.15) is 37.6 Å². The van der Waals surface area contributed by atoms with Crippen LogP contribution in [0.4, 0.5) is 5.69 Å². The molecular formula is C15H21N3O3. The van der Waals surface area contributed by atoms with Crippen molar-refractivity contribution in [3.8, 4) is 0 Å². The van der Waals surface area contributed by atoms with Gasteiger partial charge in [-0.1, -0.05) is 32.4 Å². The first-order valence-corrected chi connectivity index (χ1v) is 7.14. The van der Waals surface area contributed by atoms with E-state index in [0.717, 1.165) is 12.0 Å². The Hall–Kier alpha value is -1.95. The Kier molecular flexibility index (Phi) is 4.27. The monoisotopic (exact) mass is 291 g/mol. The molecule has 114 valence electrons. The van der Waals surface area contributed by atoms with Gasteiger partial charge in [0.15, 0.2) is 0 Å². The van der Waals surface area contributed by atoms with Crippen LogP contribution in [-0.2, 0) is 4.79 Å². The average Bonchev–Trinajstić information content (AvgIpc) is 2.75. The van der Waals surface area contributed by atoms with Crippen molar-refractivity contribution in [2.24, 2.45) is 5.92 Å². The van der Waals surface area contributed by atoms with E-state index in [0.29, 0.717) is 5.56 Å². The van der Waals surface area contributed by atoms with Gasteiger partial charge in [-0.2, -0.15) is 0 Å². The minimum atomic E-state index is -0.387. The molecule has 0 aromatic heterocycles. The Morgan fingerprint density at radius 1 is 1.48 bits per heavy atom. The van der Waals surface area contributed by atoms with Gasteiger partial charge < -0.3 is 4.90 Å². The van der Waals surface area contributed by atoms with Crippen LogP contribution in [-0.4, -0.2) is 28.8 Å². The average molecular weight is 291 g/mol. The molecular weight excluding hydrogens is 270 g/mol. The number of aryl methyl sites for hydroxylation is 1. The maximum atomic E-state index is 12.3. The van der Waals surface area contributed by atoms with Crippen LogP contribution < -0.4 is 5.32 Å². The standard InChI is InChI=1S/C15H21N3O3/c1-5-9(2)13-15(19)17(4)14(16-13)11-7-6-10(3)12(8-11)18(20)21/h6-9,13-14,16H,5H2,1-4H3. The molecule has 0 spiro atoms. The van der Waals surface area contributed by atoms with E-state index in [-0.39, 0.29) is 34.6 Å². The second-order valence-corrected chi connectivity index (χ2v) is 5.68. The molecule has 21 heavy (non-hydrogen) atoms. The van der Waals surface area contributed by atoms with E-state index < -0.39 is 0 Å². The first kappa shape index (κ1) is 15.4. The molecule has 3 atom stereocenters. The van der Waals surface area contributed by atoms with Gasteiger partial charge in [0.2, 0.25) is 5.91 Å². The number of hydrogen-bond acceptors (Lipinski definition) is 4. The second kappa shape index (κ2) is 5.81. The van der Waals surface area contributed by atoms with Crippen molar-refractivity contribution >= 4 is 11.6 Å². The highest BCUT2D eigenvalue weighted by molar-refractivity contribution is 5.84. The number of likely N-dealkylation sites (N-methyl/N-ethyl adjacent to an activating group) is 1. The van der Waals surface area contributed by atoms with E-state index in [9.17, 15) is 14.9 Å². The number of amides is 1. The first-order chi connectivity index (χ1) is 9.86. The van der Waals surface area contributed by atoms with Crippen molar-refractivity contribution in [3.63, 3.8) is 0 Å². The minimum absolute atomic E-state index is 0.0394. The molecule has 0 aliphatic carbocycles. The molecule has 1 saturated heterocycles. The molecule has 0 radical (unpaired) electrons. The summed E-state index contributed by atoms with van der Waals surface area (Å²) in [6.07, 6.45) is 0.591. The highest BCUT2D eigenvalue weighted by Gasteiger charge is 2.39. The predicted octanol–water partition coefficient (Wildman–Crippen LogP) is 2.38. The lowest BCUT2D eigenvalue weighted by molar-refractivity contribution is -0.385. The number of carbonyl (C=O) groups excluding carboxylic acids is 1. The molecule has 1 heterocycles. The summed E-state index contributed by atoms with van der Waals surface area (Å²) in [6, 6.07) is 4.88. The molecule has 2 rings (SSSR count). The number of rotatable bonds is 4. The van der Waals surface area contributed by atoms with Gasteiger partial charge >= 0.3 is 0 Å². The Bertz CT molecular complexity index is 573. The van der Waals surface area contributed by atoms with Gasteiger partial charge in [-0.3, -0.25) is 20.2 Å². The quantitative estimate of drug-likeness (QED) is 0.682. The van der Waals surface area contributed by atoms with Crippen LogP contribution in [0.2, 0.25) is 0 Å². The van der Waals surface area contributed by atoms with Crippen LogP contribution in [0.25, 0.3) is 0 Å². The van der Waals surface area contributed by atoms with Crippen molar-refractivity contribution in [2.45, 2.75) is 39.4 Å². The molecule has 3 unspecified atom stereocenters. The fraction of sp³-hybridized carbons (Fsp3) is 0.533. The van der Waals surface area contributed by atoms with E-state index in [1.54, 1.807) is 31.0 Å². The highest BCUT2D eigenvalue weighted by Crippen LogP contribution is 2.30. The van der Waals surface area contributed by atoms with Crippen LogP contribution in [0.15, 0.2) is 18.2 Å². The predicted molar refractivity (Wildman–Crippen MR) is 79.7 cm³/mol. The van der Waals surface area contributed by atoms with Gasteiger partial charge in [0.05, 0.1) is 11.0 Å². The van der Waals surface area contributed by atoms with Crippen LogP contribution in [0, 0.1) is 23.0 Å². The third kappa shape index (κ3) is 2.76. The number of nitro groups is 1. The zero-order valence-corrected chi connectivity index (χ0v) is 12.8. The van der Waals surface area contributed by atoms with Crippen molar-refractivity contribution in [1.29, 1.82) is 0 Å². The smallest absolute Gasteiger partial charge is 0.272 e. The molecule has 1 aliphatic heterocycles. The molecule has 1 aliphatic rings. The molecule has 1 aromatic carbocycles. The fourth-order valence-electron chi connectivity index (χ4n) is 2.66.